The number of Topliss-reactive ketones (excluding diaryl/α,β-unsaturated/α-hetero) is 1. The first-order valence-corrected chi connectivity index (χ1v) is 9.79. The third kappa shape index (κ3) is 8.57. The SMILES string of the molecule is CCCC[C@H](NC(=O)OCc1ccc([N+](=O)[O-])cc1)C(=O)C(O)[C@@H](N)CC(C)C. The zero-order valence-electron chi connectivity index (χ0n) is 17.2. The molecule has 0 heterocycles. The van der Waals surface area contributed by atoms with Crippen molar-refractivity contribution in [1.82, 2.24) is 5.32 Å². The minimum absolute atomic E-state index is 0.0600. The van der Waals surface area contributed by atoms with E-state index >= 15 is 0 Å². The molecule has 9 nitrogen and oxygen atoms in total. The van der Waals surface area contributed by atoms with Crippen molar-refractivity contribution in [3.63, 3.8) is 0 Å². The first kappa shape index (κ1) is 24.5. The van der Waals surface area contributed by atoms with Gasteiger partial charge in [0.2, 0.25) is 0 Å². The molecule has 1 amide bonds. The molecule has 9 heteroatoms. The van der Waals surface area contributed by atoms with Gasteiger partial charge in [0.1, 0.15) is 12.7 Å². The highest BCUT2D eigenvalue weighted by molar-refractivity contribution is 5.91. The first-order valence-electron chi connectivity index (χ1n) is 9.79. The minimum Gasteiger partial charge on any atom is -0.445 e. The van der Waals surface area contributed by atoms with Crippen molar-refractivity contribution in [2.45, 2.75) is 71.2 Å². The van der Waals surface area contributed by atoms with Crippen molar-refractivity contribution in [3.8, 4) is 0 Å². The summed E-state index contributed by atoms with van der Waals surface area (Å²) in [5, 5.41) is 23.4. The Labute approximate surface area is 170 Å². The largest absolute Gasteiger partial charge is 0.445 e. The van der Waals surface area contributed by atoms with Crippen LogP contribution in [0.1, 0.15) is 52.0 Å². The molecule has 29 heavy (non-hydrogen) atoms. The number of nitrogens with one attached hydrogen (secondary N) is 1. The van der Waals surface area contributed by atoms with E-state index in [0.29, 0.717) is 24.8 Å². The zero-order chi connectivity index (χ0) is 22.0. The molecular weight excluding hydrogens is 378 g/mol. The number of nitro benzene ring substituents is 1. The maximum atomic E-state index is 12.6. The van der Waals surface area contributed by atoms with Gasteiger partial charge in [-0.05, 0) is 36.5 Å². The highest BCUT2D eigenvalue weighted by Crippen LogP contribution is 2.14. The van der Waals surface area contributed by atoms with Gasteiger partial charge in [-0.1, -0.05) is 33.6 Å². The molecule has 4 N–H and O–H groups in total. The van der Waals surface area contributed by atoms with Crippen LogP contribution in [0.25, 0.3) is 0 Å². The number of unbranched alkanes of at least 4 members (excludes halogenated alkanes) is 1. The molecule has 0 radical (unpaired) electrons. The predicted molar refractivity (Wildman–Crippen MR) is 108 cm³/mol. The van der Waals surface area contributed by atoms with Gasteiger partial charge in [-0.3, -0.25) is 14.9 Å². The summed E-state index contributed by atoms with van der Waals surface area (Å²) >= 11 is 0. The average molecular weight is 409 g/mol. The van der Waals surface area contributed by atoms with Gasteiger partial charge >= 0.3 is 6.09 Å². The number of ketones is 1. The number of carbonyl (C=O) groups is 2. The van der Waals surface area contributed by atoms with E-state index in [1.165, 1.54) is 24.3 Å². The summed E-state index contributed by atoms with van der Waals surface area (Å²) in [6, 6.07) is 4.00. The topological polar surface area (TPSA) is 145 Å². The summed E-state index contributed by atoms with van der Waals surface area (Å²) in [5.74, 6) is -0.306. The van der Waals surface area contributed by atoms with Crippen LogP contribution in [0.3, 0.4) is 0 Å². The fraction of sp³-hybridized carbons (Fsp3) is 0.600. The number of nitrogens with zero attached hydrogens (tertiary/aromatic N) is 1. The van der Waals surface area contributed by atoms with Gasteiger partial charge in [0.05, 0.1) is 11.0 Å². The van der Waals surface area contributed by atoms with E-state index in [-0.39, 0.29) is 18.2 Å². The molecule has 1 aromatic carbocycles. The number of alkyl carbamates (subject to hydrolysis) is 1. The van der Waals surface area contributed by atoms with Crippen LogP contribution in [-0.2, 0) is 16.1 Å². The number of hydrogen-bond donors (Lipinski definition) is 3. The average Bonchev–Trinajstić information content (AvgIpc) is 2.68. The Morgan fingerprint density at radius 3 is 2.41 bits per heavy atom. The Bertz CT molecular complexity index is 677. The number of nitro groups is 1. The lowest BCUT2D eigenvalue weighted by Gasteiger charge is -2.24. The molecule has 0 aliphatic heterocycles. The van der Waals surface area contributed by atoms with E-state index in [4.69, 9.17) is 10.5 Å². The number of nitrogens with two attached hydrogens (primary N) is 1. The third-order valence-corrected chi connectivity index (χ3v) is 4.44. The Kier molecular flexibility index (Phi) is 10.3. The number of benzene rings is 1. The van der Waals surface area contributed by atoms with Crippen molar-refractivity contribution in [2.24, 2.45) is 11.7 Å². The molecule has 0 saturated carbocycles. The van der Waals surface area contributed by atoms with Crippen LogP contribution in [0.15, 0.2) is 24.3 Å². The van der Waals surface area contributed by atoms with E-state index in [1.54, 1.807) is 0 Å². The quantitative estimate of drug-likeness (QED) is 0.355. The Hall–Kier alpha value is -2.52. The molecule has 0 aliphatic carbocycles. The lowest BCUT2D eigenvalue weighted by Crippen LogP contribution is -2.51. The van der Waals surface area contributed by atoms with Crippen molar-refractivity contribution < 1.29 is 24.4 Å². The van der Waals surface area contributed by atoms with E-state index in [9.17, 15) is 24.8 Å². The van der Waals surface area contributed by atoms with Gasteiger partial charge in [0, 0.05) is 18.2 Å². The van der Waals surface area contributed by atoms with Gasteiger partial charge in [0.25, 0.3) is 5.69 Å². The molecule has 1 rings (SSSR count). The molecular formula is C20H31N3O6. The van der Waals surface area contributed by atoms with Crippen molar-refractivity contribution in [1.29, 1.82) is 0 Å². The fourth-order valence-electron chi connectivity index (χ4n) is 2.83. The summed E-state index contributed by atoms with van der Waals surface area (Å²) < 4.78 is 5.11. The summed E-state index contributed by atoms with van der Waals surface area (Å²) in [6.45, 7) is 5.74. The van der Waals surface area contributed by atoms with Crippen LogP contribution in [-0.4, -0.2) is 40.1 Å². The molecule has 1 aromatic rings. The predicted octanol–water partition coefficient (Wildman–Crippen LogP) is 2.68. The highest BCUT2D eigenvalue weighted by Gasteiger charge is 2.31. The second kappa shape index (κ2) is 12.1. The van der Waals surface area contributed by atoms with E-state index < -0.39 is 35.0 Å². The molecule has 0 spiro atoms. The molecule has 162 valence electrons. The number of carbonyl (C=O) groups excluding carboxylic acids is 2. The lowest BCUT2D eigenvalue weighted by molar-refractivity contribution is -0.384. The smallest absolute Gasteiger partial charge is 0.408 e. The van der Waals surface area contributed by atoms with E-state index in [0.717, 1.165) is 6.42 Å². The summed E-state index contributed by atoms with van der Waals surface area (Å²) in [7, 11) is 0. The first-order chi connectivity index (χ1) is 13.6. The van der Waals surface area contributed by atoms with Crippen molar-refractivity contribution in [3.05, 3.63) is 39.9 Å². The Morgan fingerprint density at radius 2 is 1.90 bits per heavy atom. The van der Waals surface area contributed by atoms with Gasteiger partial charge in [0.15, 0.2) is 5.78 Å². The van der Waals surface area contributed by atoms with Crippen molar-refractivity contribution in [2.75, 3.05) is 0 Å². The number of aliphatic hydroxyl groups is 1. The molecule has 1 unspecified atom stereocenters. The normalized spacial score (nSPS) is 14.1. The van der Waals surface area contributed by atoms with Crippen LogP contribution in [0.4, 0.5) is 10.5 Å². The van der Waals surface area contributed by atoms with E-state index in [1.807, 2.05) is 20.8 Å². The summed E-state index contributed by atoms with van der Waals surface area (Å²) in [5.41, 5.74) is 6.43. The standard InChI is InChI=1S/C20H31N3O6/c1-4-5-6-17(19(25)18(24)16(21)11-13(2)3)22-20(26)29-12-14-7-9-15(10-8-14)23(27)28/h7-10,13,16-18,24H,4-6,11-12,21H2,1-3H3,(H,22,26)/t16-,17-,18?/m0/s1. The molecule has 0 fully saturated rings. The van der Waals surface area contributed by atoms with E-state index in [2.05, 4.69) is 5.32 Å². The number of rotatable bonds is 12. The van der Waals surface area contributed by atoms with Crippen LogP contribution in [0.5, 0.6) is 0 Å². The zero-order valence-corrected chi connectivity index (χ0v) is 17.2. The summed E-state index contributed by atoms with van der Waals surface area (Å²) in [6.07, 6.45) is 0.185. The van der Waals surface area contributed by atoms with Crippen LogP contribution in [0, 0.1) is 16.0 Å². The Balaban J connectivity index is 2.67. The van der Waals surface area contributed by atoms with Gasteiger partial charge in [-0.15, -0.1) is 0 Å². The second-order valence-corrected chi connectivity index (χ2v) is 7.48. The molecule has 3 atom stereocenters. The fourth-order valence-corrected chi connectivity index (χ4v) is 2.83. The monoisotopic (exact) mass is 409 g/mol. The number of non-ortho nitro benzene ring substituents is 1. The summed E-state index contributed by atoms with van der Waals surface area (Å²) in [4.78, 5) is 34.9. The number of amides is 1. The maximum Gasteiger partial charge on any atom is 0.408 e. The number of hydrogen-bond acceptors (Lipinski definition) is 7. The third-order valence-electron chi connectivity index (χ3n) is 4.44. The second-order valence-electron chi connectivity index (χ2n) is 7.48. The Morgan fingerprint density at radius 1 is 1.28 bits per heavy atom. The van der Waals surface area contributed by atoms with Gasteiger partial charge in [-0.25, -0.2) is 4.79 Å². The van der Waals surface area contributed by atoms with Crippen LogP contribution >= 0.6 is 0 Å². The molecule has 0 saturated heterocycles. The maximum absolute atomic E-state index is 12.6. The lowest BCUT2D eigenvalue weighted by atomic mass is 9.93. The molecule has 0 aromatic heterocycles. The van der Waals surface area contributed by atoms with Crippen molar-refractivity contribution >= 4 is 17.6 Å². The van der Waals surface area contributed by atoms with Crippen LogP contribution < -0.4 is 11.1 Å². The number of aliphatic hydroxyl groups excluding tert-OH is 1. The van der Waals surface area contributed by atoms with Crippen LogP contribution in [0.2, 0.25) is 0 Å². The molecule has 0 aliphatic rings. The number of ether oxygens (including phenoxy) is 1. The van der Waals surface area contributed by atoms with Gasteiger partial charge in [-0.2, -0.15) is 0 Å². The van der Waals surface area contributed by atoms with Gasteiger partial charge < -0.3 is 20.9 Å². The minimum atomic E-state index is -1.37. The molecule has 0 bridgehead atoms. The highest BCUT2D eigenvalue weighted by atomic mass is 16.6.